The van der Waals surface area contributed by atoms with Crippen molar-refractivity contribution in [3.8, 4) is 0 Å². The molecule has 1 heterocycles. The number of thiocarbonyl (C=S) groups is 1. The highest BCUT2D eigenvalue weighted by molar-refractivity contribution is 7.80. The Morgan fingerprint density at radius 2 is 2.38 bits per heavy atom. The van der Waals surface area contributed by atoms with Crippen LogP contribution in [0.1, 0.15) is 12.5 Å². The van der Waals surface area contributed by atoms with Gasteiger partial charge in [-0.25, -0.2) is 4.98 Å². The fourth-order valence-corrected chi connectivity index (χ4v) is 1.37. The Bertz CT molecular complexity index is 357. The molecule has 5 heteroatoms. The van der Waals surface area contributed by atoms with Crippen molar-refractivity contribution in [3.63, 3.8) is 0 Å². The van der Waals surface area contributed by atoms with Crippen molar-refractivity contribution < 1.29 is 4.74 Å². The molecule has 0 spiro atoms. The Hall–Kier alpha value is -1.20. The van der Waals surface area contributed by atoms with Crippen LogP contribution in [0.2, 0.25) is 0 Å². The summed E-state index contributed by atoms with van der Waals surface area (Å²) in [6.07, 6.45) is 1.71. The van der Waals surface area contributed by atoms with Gasteiger partial charge in [-0.05, 0) is 19.1 Å². The van der Waals surface area contributed by atoms with Crippen LogP contribution in [0.3, 0.4) is 0 Å². The number of ether oxygens (including phenoxy) is 1. The van der Waals surface area contributed by atoms with Gasteiger partial charge in [-0.1, -0.05) is 12.2 Å². The minimum absolute atomic E-state index is 0.391. The normalized spacial score (nSPS) is 10.1. The van der Waals surface area contributed by atoms with E-state index >= 15 is 0 Å². The maximum Gasteiger partial charge on any atom is 0.128 e. The summed E-state index contributed by atoms with van der Waals surface area (Å²) in [5.74, 6) is 0.852. The molecule has 0 amide bonds. The molecule has 0 aliphatic carbocycles. The Kier molecular flexibility index (Phi) is 5.14. The molecule has 0 fully saturated rings. The number of nitrogens with two attached hydrogens (primary N) is 1. The van der Waals surface area contributed by atoms with Crippen LogP contribution < -0.4 is 10.6 Å². The maximum absolute atomic E-state index is 5.56. The lowest BCUT2D eigenvalue weighted by molar-refractivity contribution is 0.154. The Balaban J connectivity index is 2.64. The molecule has 1 aromatic heterocycles. The summed E-state index contributed by atoms with van der Waals surface area (Å²) in [5, 5.41) is 0. The molecule has 0 saturated heterocycles. The predicted molar refractivity (Wildman–Crippen MR) is 69.9 cm³/mol. The van der Waals surface area contributed by atoms with Gasteiger partial charge >= 0.3 is 0 Å². The van der Waals surface area contributed by atoms with E-state index in [4.69, 9.17) is 22.7 Å². The van der Waals surface area contributed by atoms with Gasteiger partial charge in [-0.2, -0.15) is 0 Å². The minimum atomic E-state index is 0.391. The first kappa shape index (κ1) is 12.9. The standard InChI is InChI=1S/C11H17N3OS/c1-3-15-7-6-14(2)10-8-9(11(12)16)4-5-13-10/h4-5,8H,3,6-7H2,1-2H3,(H2,12,16). The van der Waals surface area contributed by atoms with E-state index in [-0.39, 0.29) is 0 Å². The van der Waals surface area contributed by atoms with Gasteiger partial charge in [0.25, 0.3) is 0 Å². The SMILES string of the molecule is CCOCCN(C)c1cc(C(N)=S)ccn1. The van der Waals surface area contributed by atoms with E-state index in [1.165, 1.54) is 0 Å². The van der Waals surface area contributed by atoms with Crippen molar-refractivity contribution in [2.24, 2.45) is 5.73 Å². The second kappa shape index (κ2) is 6.40. The van der Waals surface area contributed by atoms with Gasteiger partial charge < -0.3 is 15.4 Å². The van der Waals surface area contributed by atoms with Crippen LogP contribution in [0.5, 0.6) is 0 Å². The van der Waals surface area contributed by atoms with Crippen LogP contribution in [0.15, 0.2) is 18.3 Å². The van der Waals surface area contributed by atoms with E-state index in [2.05, 4.69) is 4.98 Å². The molecule has 16 heavy (non-hydrogen) atoms. The Morgan fingerprint density at radius 1 is 1.62 bits per heavy atom. The van der Waals surface area contributed by atoms with Gasteiger partial charge in [0.1, 0.15) is 10.8 Å². The molecule has 4 nitrogen and oxygen atoms in total. The van der Waals surface area contributed by atoms with Crippen LogP contribution >= 0.6 is 12.2 Å². The van der Waals surface area contributed by atoms with Gasteiger partial charge in [0.2, 0.25) is 0 Å². The number of aromatic nitrogens is 1. The molecule has 0 saturated carbocycles. The number of rotatable bonds is 6. The van der Waals surface area contributed by atoms with Gasteiger partial charge in [0, 0.05) is 32.0 Å². The van der Waals surface area contributed by atoms with E-state index in [1.54, 1.807) is 6.20 Å². The van der Waals surface area contributed by atoms with E-state index in [0.717, 1.165) is 24.5 Å². The zero-order chi connectivity index (χ0) is 12.0. The Morgan fingerprint density at radius 3 is 3.00 bits per heavy atom. The second-order valence-corrected chi connectivity index (χ2v) is 3.83. The zero-order valence-corrected chi connectivity index (χ0v) is 10.5. The van der Waals surface area contributed by atoms with E-state index in [0.29, 0.717) is 11.6 Å². The minimum Gasteiger partial charge on any atom is -0.389 e. The van der Waals surface area contributed by atoms with E-state index < -0.39 is 0 Å². The molecular formula is C11H17N3OS. The molecule has 0 bridgehead atoms. The van der Waals surface area contributed by atoms with E-state index in [9.17, 15) is 0 Å². The highest BCUT2D eigenvalue weighted by Crippen LogP contribution is 2.10. The number of likely N-dealkylation sites (N-methyl/N-ethyl adjacent to an activating group) is 1. The summed E-state index contributed by atoms with van der Waals surface area (Å²) >= 11 is 4.92. The lowest BCUT2D eigenvalue weighted by atomic mass is 10.2. The lowest BCUT2D eigenvalue weighted by Gasteiger charge is -2.18. The number of hydrogen-bond acceptors (Lipinski definition) is 4. The number of hydrogen-bond donors (Lipinski definition) is 1. The van der Waals surface area contributed by atoms with Crippen molar-refractivity contribution in [2.75, 3.05) is 31.7 Å². The summed E-state index contributed by atoms with van der Waals surface area (Å²) in [6, 6.07) is 3.69. The van der Waals surface area contributed by atoms with Gasteiger partial charge in [0.15, 0.2) is 0 Å². The monoisotopic (exact) mass is 239 g/mol. The average molecular weight is 239 g/mol. The van der Waals surface area contributed by atoms with Crippen LogP contribution in [-0.2, 0) is 4.74 Å². The summed E-state index contributed by atoms with van der Waals surface area (Å²) < 4.78 is 5.28. The van der Waals surface area contributed by atoms with Gasteiger partial charge in [-0.15, -0.1) is 0 Å². The molecule has 1 rings (SSSR count). The predicted octanol–water partition coefficient (Wildman–Crippen LogP) is 1.19. The molecule has 88 valence electrons. The molecule has 1 aromatic rings. The fraction of sp³-hybridized carbons (Fsp3) is 0.455. The molecule has 0 atom stereocenters. The topological polar surface area (TPSA) is 51.4 Å². The lowest BCUT2D eigenvalue weighted by Crippen LogP contribution is -2.24. The smallest absolute Gasteiger partial charge is 0.128 e. The molecule has 2 N–H and O–H groups in total. The summed E-state index contributed by atoms with van der Waals surface area (Å²) in [6.45, 7) is 4.19. The molecule has 0 aliphatic rings. The van der Waals surface area contributed by atoms with Crippen molar-refractivity contribution in [1.82, 2.24) is 4.98 Å². The first-order valence-electron chi connectivity index (χ1n) is 5.20. The van der Waals surface area contributed by atoms with Crippen molar-refractivity contribution in [2.45, 2.75) is 6.92 Å². The van der Waals surface area contributed by atoms with Crippen LogP contribution in [0.25, 0.3) is 0 Å². The largest absolute Gasteiger partial charge is 0.389 e. The van der Waals surface area contributed by atoms with Crippen molar-refractivity contribution in [1.29, 1.82) is 0 Å². The summed E-state index contributed by atoms with van der Waals surface area (Å²) in [4.78, 5) is 6.66. The second-order valence-electron chi connectivity index (χ2n) is 3.39. The highest BCUT2D eigenvalue weighted by Gasteiger charge is 2.04. The number of anilines is 1. The van der Waals surface area contributed by atoms with Crippen molar-refractivity contribution >= 4 is 23.0 Å². The highest BCUT2D eigenvalue weighted by atomic mass is 32.1. The molecule has 0 radical (unpaired) electrons. The van der Waals surface area contributed by atoms with E-state index in [1.807, 2.05) is 31.0 Å². The summed E-state index contributed by atoms with van der Waals surface area (Å²) in [7, 11) is 1.96. The first-order valence-corrected chi connectivity index (χ1v) is 5.60. The Labute approximate surface area is 101 Å². The number of nitrogens with zero attached hydrogens (tertiary/aromatic N) is 2. The molecule has 0 unspecified atom stereocenters. The van der Waals surface area contributed by atoms with Crippen molar-refractivity contribution in [3.05, 3.63) is 23.9 Å². The average Bonchev–Trinajstić information content (AvgIpc) is 2.29. The van der Waals surface area contributed by atoms with Gasteiger partial charge in [-0.3, -0.25) is 0 Å². The third kappa shape index (κ3) is 3.75. The molecular weight excluding hydrogens is 222 g/mol. The maximum atomic E-state index is 5.56. The molecule has 0 aromatic carbocycles. The fourth-order valence-electron chi connectivity index (χ4n) is 1.24. The number of pyridine rings is 1. The first-order chi connectivity index (χ1) is 7.65. The zero-order valence-electron chi connectivity index (χ0n) is 9.64. The van der Waals surface area contributed by atoms with Crippen LogP contribution in [0, 0.1) is 0 Å². The summed E-state index contributed by atoms with van der Waals surface area (Å²) in [5.41, 5.74) is 6.40. The molecule has 0 aliphatic heterocycles. The van der Waals surface area contributed by atoms with Crippen LogP contribution in [-0.4, -0.2) is 36.8 Å². The third-order valence-electron chi connectivity index (χ3n) is 2.20. The quantitative estimate of drug-likeness (QED) is 0.597. The van der Waals surface area contributed by atoms with Gasteiger partial charge in [0.05, 0.1) is 6.61 Å². The third-order valence-corrected chi connectivity index (χ3v) is 2.43. The van der Waals surface area contributed by atoms with Crippen LogP contribution in [0.4, 0.5) is 5.82 Å².